The summed E-state index contributed by atoms with van der Waals surface area (Å²) in [4.78, 5) is 4.13. The van der Waals surface area contributed by atoms with Gasteiger partial charge in [0, 0.05) is 12.2 Å². The number of nitrogens with zero attached hydrogens (tertiary/aromatic N) is 2. The van der Waals surface area contributed by atoms with Crippen molar-refractivity contribution >= 4 is 5.69 Å². The third kappa shape index (κ3) is 16.5. The summed E-state index contributed by atoms with van der Waals surface area (Å²) in [7, 11) is 0. The molecule has 0 fully saturated rings. The third-order valence-corrected chi connectivity index (χ3v) is 13.2. The number of benzene rings is 5. The maximum atomic E-state index is 11.0. The Morgan fingerprint density at radius 3 is 1.09 bits per heavy atom. The van der Waals surface area contributed by atoms with Gasteiger partial charge in [0.05, 0.1) is 50.6 Å². The average Bonchev–Trinajstić information content (AvgIpc) is 3.36. The van der Waals surface area contributed by atoms with Crippen LogP contribution in [0.25, 0.3) is 0 Å². The SMILES string of the molecule is CCCc1ccc(OCC(CO)N(c2ccc(CCN(C(CO)COc3ccc(CCC)c(C)c3)C(CO)COc3ccc(CCC)c(C)c3)cc2)C(CO)COc2ccc(CCC)c(C)c2)cc1. The Balaban J connectivity index is 1.38. The lowest BCUT2D eigenvalue weighted by molar-refractivity contribution is 0.0110. The van der Waals surface area contributed by atoms with Crippen molar-refractivity contribution in [3.63, 3.8) is 0 Å². The van der Waals surface area contributed by atoms with E-state index in [1.165, 1.54) is 38.9 Å². The summed E-state index contributed by atoms with van der Waals surface area (Å²) in [5.41, 5.74) is 10.5. The van der Waals surface area contributed by atoms with Gasteiger partial charge in [0.25, 0.3) is 0 Å². The minimum atomic E-state index is -0.511. The van der Waals surface area contributed by atoms with Gasteiger partial charge in [0.15, 0.2) is 0 Å². The van der Waals surface area contributed by atoms with E-state index in [-0.39, 0.29) is 52.9 Å². The van der Waals surface area contributed by atoms with Crippen LogP contribution in [0.5, 0.6) is 23.0 Å². The predicted molar refractivity (Wildman–Crippen MR) is 281 cm³/mol. The van der Waals surface area contributed by atoms with Gasteiger partial charge in [-0.25, -0.2) is 0 Å². The van der Waals surface area contributed by atoms with Crippen molar-refractivity contribution in [1.82, 2.24) is 4.90 Å². The molecular weight excluding hydrogens is 865 g/mol. The van der Waals surface area contributed by atoms with Crippen LogP contribution in [0, 0.1) is 20.8 Å². The van der Waals surface area contributed by atoms with Crippen molar-refractivity contribution < 1.29 is 39.4 Å². The number of hydrogen-bond donors (Lipinski definition) is 4. The number of ether oxygens (including phenoxy) is 4. The second kappa shape index (κ2) is 29.2. The molecule has 10 nitrogen and oxygen atoms in total. The van der Waals surface area contributed by atoms with Gasteiger partial charge in [-0.1, -0.05) is 95.8 Å². The van der Waals surface area contributed by atoms with Crippen LogP contribution in [0.2, 0.25) is 0 Å². The molecular formula is C59H82N2O8. The van der Waals surface area contributed by atoms with Crippen LogP contribution >= 0.6 is 0 Å². The van der Waals surface area contributed by atoms with Crippen LogP contribution in [0.3, 0.4) is 0 Å². The molecule has 0 radical (unpaired) electrons. The van der Waals surface area contributed by atoms with Gasteiger partial charge in [-0.3, -0.25) is 4.90 Å². The fraction of sp³-hybridized carbons (Fsp3) is 0.492. The zero-order valence-electron chi connectivity index (χ0n) is 42.7. The first-order chi connectivity index (χ1) is 33.6. The van der Waals surface area contributed by atoms with E-state index >= 15 is 0 Å². The fourth-order valence-electron chi connectivity index (χ4n) is 9.16. The molecule has 0 aromatic heterocycles. The number of aryl methyl sites for hydroxylation is 7. The maximum Gasteiger partial charge on any atom is 0.119 e. The van der Waals surface area contributed by atoms with E-state index in [1.54, 1.807) is 0 Å². The molecule has 376 valence electrons. The molecule has 0 aliphatic rings. The molecule has 5 rings (SSSR count). The molecule has 0 aliphatic heterocycles. The lowest BCUT2D eigenvalue weighted by Crippen LogP contribution is -2.52. The van der Waals surface area contributed by atoms with E-state index in [2.05, 4.69) is 114 Å². The Morgan fingerprint density at radius 2 is 0.725 bits per heavy atom. The lowest BCUT2D eigenvalue weighted by atomic mass is 10.0. The zero-order valence-corrected chi connectivity index (χ0v) is 42.7. The lowest BCUT2D eigenvalue weighted by Gasteiger charge is -2.38. The maximum absolute atomic E-state index is 11.0. The first-order valence-corrected chi connectivity index (χ1v) is 25.5. The summed E-state index contributed by atoms with van der Waals surface area (Å²) in [5, 5.41) is 43.8. The Morgan fingerprint density at radius 1 is 0.391 bits per heavy atom. The van der Waals surface area contributed by atoms with Gasteiger partial charge in [0.1, 0.15) is 49.4 Å². The van der Waals surface area contributed by atoms with Crippen molar-refractivity contribution in [2.75, 3.05) is 64.3 Å². The van der Waals surface area contributed by atoms with Crippen molar-refractivity contribution in [3.05, 3.63) is 148 Å². The number of anilines is 1. The molecule has 0 aliphatic carbocycles. The van der Waals surface area contributed by atoms with Crippen LogP contribution in [-0.2, 0) is 32.1 Å². The molecule has 0 saturated heterocycles. The molecule has 5 aromatic carbocycles. The van der Waals surface area contributed by atoms with E-state index in [0.717, 1.165) is 79.9 Å². The monoisotopic (exact) mass is 947 g/mol. The number of rotatable bonds is 32. The highest BCUT2D eigenvalue weighted by Gasteiger charge is 2.30. The molecule has 0 saturated carbocycles. The van der Waals surface area contributed by atoms with Crippen LogP contribution in [-0.4, -0.2) is 109 Å². The molecule has 69 heavy (non-hydrogen) atoms. The second-order valence-electron chi connectivity index (χ2n) is 18.6. The zero-order chi connectivity index (χ0) is 49.5. The van der Waals surface area contributed by atoms with E-state index in [0.29, 0.717) is 18.7 Å². The van der Waals surface area contributed by atoms with E-state index in [4.69, 9.17) is 18.9 Å². The van der Waals surface area contributed by atoms with Gasteiger partial charge >= 0.3 is 0 Å². The molecule has 0 amide bonds. The van der Waals surface area contributed by atoms with Crippen LogP contribution in [0.1, 0.15) is 97.9 Å². The molecule has 5 aromatic rings. The van der Waals surface area contributed by atoms with Crippen molar-refractivity contribution in [2.45, 2.75) is 130 Å². The second-order valence-corrected chi connectivity index (χ2v) is 18.6. The summed E-state index contributed by atoms with van der Waals surface area (Å²) in [5.74, 6) is 2.93. The van der Waals surface area contributed by atoms with Gasteiger partial charge in [-0.05, 0) is 158 Å². The van der Waals surface area contributed by atoms with E-state index < -0.39 is 24.2 Å². The first-order valence-electron chi connectivity index (χ1n) is 25.5. The fourth-order valence-corrected chi connectivity index (χ4v) is 9.16. The van der Waals surface area contributed by atoms with Gasteiger partial charge in [0.2, 0.25) is 0 Å². The molecule has 4 atom stereocenters. The van der Waals surface area contributed by atoms with Crippen molar-refractivity contribution in [3.8, 4) is 23.0 Å². The smallest absolute Gasteiger partial charge is 0.119 e. The Bertz CT molecular complexity index is 2160. The molecule has 4 unspecified atom stereocenters. The van der Waals surface area contributed by atoms with Crippen molar-refractivity contribution in [2.24, 2.45) is 0 Å². The van der Waals surface area contributed by atoms with Gasteiger partial charge in [-0.2, -0.15) is 0 Å². The third-order valence-electron chi connectivity index (χ3n) is 13.2. The highest BCUT2D eigenvalue weighted by atomic mass is 16.5. The minimum Gasteiger partial charge on any atom is -0.492 e. The summed E-state index contributed by atoms with van der Waals surface area (Å²) in [6.45, 7) is 15.5. The van der Waals surface area contributed by atoms with Crippen LogP contribution < -0.4 is 23.8 Å². The molecule has 4 N–H and O–H groups in total. The van der Waals surface area contributed by atoms with Crippen molar-refractivity contribution in [1.29, 1.82) is 0 Å². The highest BCUT2D eigenvalue weighted by molar-refractivity contribution is 5.50. The summed E-state index contributed by atoms with van der Waals surface area (Å²) in [6.07, 6.45) is 8.86. The average molecular weight is 947 g/mol. The standard InChI is InChI=1S/C59H82N2O8/c1-8-12-46-18-25-56(26-19-46)66-41-54(37-64)61(55(38-65)42-69-59-29-22-50(15-11-4)45(7)34-59)51-23-16-47(17-24-51)30-31-60(52(35-62)39-67-57-27-20-48(13-9-2)43(5)32-57)53(36-63)40-68-58-28-21-49(14-10-3)44(6)33-58/h16-29,32-34,52-55,62-65H,8-15,30-31,35-42H2,1-7H3. The number of aliphatic hydroxyl groups is 4. The van der Waals surface area contributed by atoms with E-state index in [9.17, 15) is 20.4 Å². The summed E-state index contributed by atoms with van der Waals surface area (Å²) >= 11 is 0. The van der Waals surface area contributed by atoms with Gasteiger partial charge < -0.3 is 44.3 Å². The molecule has 0 bridgehead atoms. The predicted octanol–water partition coefficient (Wildman–Crippen LogP) is 9.83. The first kappa shape index (κ1) is 54.8. The quantitative estimate of drug-likeness (QED) is 0.0332. The molecule has 0 spiro atoms. The Hall–Kier alpha value is -5.10. The molecule has 10 heteroatoms. The van der Waals surface area contributed by atoms with Crippen LogP contribution in [0.15, 0.2) is 103 Å². The minimum absolute atomic E-state index is 0.178. The normalized spacial score (nSPS) is 13.2. The Labute approximate surface area is 413 Å². The highest BCUT2D eigenvalue weighted by Crippen LogP contribution is 2.27. The number of aliphatic hydroxyl groups excluding tert-OH is 4. The summed E-state index contributed by atoms with van der Waals surface area (Å²) < 4.78 is 25.4. The molecule has 0 heterocycles. The number of hydrogen-bond acceptors (Lipinski definition) is 10. The van der Waals surface area contributed by atoms with E-state index in [1.807, 2.05) is 47.4 Å². The summed E-state index contributed by atoms with van der Waals surface area (Å²) in [6, 6.07) is 32.9. The largest absolute Gasteiger partial charge is 0.492 e. The van der Waals surface area contributed by atoms with Gasteiger partial charge in [-0.15, -0.1) is 0 Å². The Kier molecular flexibility index (Phi) is 23.2. The van der Waals surface area contributed by atoms with Crippen LogP contribution in [0.4, 0.5) is 5.69 Å². The topological polar surface area (TPSA) is 124 Å².